The predicted molar refractivity (Wildman–Crippen MR) is 120 cm³/mol. The van der Waals surface area contributed by atoms with E-state index in [1.165, 1.54) is 6.07 Å². The molecular formula is C19H15Cl3F2N4OS. The SMILES string of the molecule is Cc1ccc(OC(F)F)c(NC(=S)Nc2nn(Cc3ccc(Cl)cc3Cl)cc2Cl)c1. The minimum absolute atomic E-state index is 0.0336. The van der Waals surface area contributed by atoms with Crippen LogP contribution in [0.5, 0.6) is 5.75 Å². The van der Waals surface area contributed by atoms with Gasteiger partial charge in [0.2, 0.25) is 0 Å². The van der Waals surface area contributed by atoms with Gasteiger partial charge in [0, 0.05) is 16.2 Å². The summed E-state index contributed by atoms with van der Waals surface area (Å²) in [5.74, 6) is 0.261. The summed E-state index contributed by atoms with van der Waals surface area (Å²) in [6.45, 7) is -0.782. The molecule has 0 amide bonds. The first kappa shape index (κ1) is 22.6. The minimum atomic E-state index is -2.96. The molecule has 1 aromatic heterocycles. The third-order valence-corrected chi connectivity index (χ3v) is 4.96. The van der Waals surface area contributed by atoms with Gasteiger partial charge in [-0.3, -0.25) is 4.68 Å². The van der Waals surface area contributed by atoms with Gasteiger partial charge in [-0.05, 0) is 54.5 Å². The number of halogens is 5. The van der Waals surface area contributed by atoms with E-state index in [-0.39, 0.29) is 16.5 Å². The lowest BCUT2D eigenvalue weighted by molar-refractivity contribution is -0.0493. The van der Waals surface area contributed by atoms with Gasteiger partial charge in [0.1, 0.15) is 10.8 Å². The summed E-state index contributed by atoms with van der Waals surface area (Å²) in [6, 6.07) is 9.88. The third-order valence-electron chi connectivity index (χ3n) is 3.90. The Morgan fingerprint density at radius 3 is 2.60 bits per heavy atom. The van der Waals surface area contributed by atoms with E-state index in [0.717, 1.165) is 11.1 Å². The van der Waals surface area contributed by atoms with Gasteiger partial charge in [0.05, 0.1) is 12.2 Å². The van der Waals surface area contributed by atoms with Gasteiger partial charge in [-0.15, -0.1) is 0 Å². The summed E-state index contributed by atoms with van der Waals surface area (Å²) in [5, 5.41) is 11.5. The van der Waals surface area contributed by atoms with E-state index >= 15 is 0 Å². The molecule has 3 aromatic rings. The molecule has 1 heterocycles. The lowest BCUT2D eigenvalue weighted by atomic mass is 10.2. The van der Waals surface area contributed by atoms with Crippen LogP contribution in [0.4, 0.5) is 20.3 Å². The molecule has 0 saturated heterocycles. The Morgan fingerprint density at radius 2 is 1.90 bits per heavy atom. The van der Waals surface area contributed by atoms with Crippen LogP contribution in [-0.2, 0) is 6.54 Å². The molecule has 0 unspecified atom stereocenters. The number of thiocarbonyl (C=S) groups is 1. The normalized spacial score (nSPS) is 10.9. The van der Waals surface area contributed by atoms with Gasteiger partial charge in [-0.2, -0.15) is 13.9 Å². The highest BCUT2D eigenvalue weighted by Crippen LogP contribution is 2.28. The standard InChI is InChI=1S/C19H15Cl3F2N4OS/c1-10-2-5-16(29-18(23)24)15(6-10)25-19(30)26-17-14(22)9-28(27-17)8-11-3-4-12(20)7-13(11)21/h2-7,9,18H,8H2,1H3,(H2,25,26,27,30). The fourth-order valence-corrected chi connectivity index (χ4v) is 3.46. The maximum Gasteiger partial charge on any atom is 0.387 e. The van der Waals surface area contributed by atoms with Crippen LogP contribution in [0, 0.1) is 6.92 Å². The van der Waals surface area contributed by atoms with Crippen LogP contribution in [0.1, 0.15) is 11.1 Å². The average molecular weight is 492 g/mol. The second-order valence-corrected chi connectivity index (χ2v) is 7.88. The Hall–Kier alpha value is -2.13. The van der Waals surface area contributed by atoms with E-state index < -0.39 is 6.61 Å². The van der Waals surface area contributed by atoms with E-state index in [2.05, 4.69) is 20.5 Å². The third kappa shape index (κ3) is 5.95. The Balaban J connectivity index is 1.71. The minimum Gasteiger partial charge on any atom is -0.433 e. The molecule has 2 aromatic carbocycles. The second kappa shape index (κ2) is 9.78. The number of hydrogen-bond donors (Lipinski definition) is 2. The van der Waals surface area contributed by atoms with Gasteiger partial charge in [0.25, 0.3) is 0 Å². The molecule has 0 spiro atoms. The lowest BCUT2D eigenvalue weighted by Gasteiger charge is -2.14. The maximum absolute atomic E-state index is 12.6. The van der Waals surface area contributed by atoms with Gasteiger partial charge in [0.15, 0.2) is 10.9 Å². The fraction of sp³-hybridized carbons (Fsp3) is 0.158. The number of hydrogen-bond acceptors (Lipinski definition) is 3. The Bertz CT molecular complexity index is 1080. The van der Waals surface area contributed by atoms with Crippen molar-refractivity contribution >= 4 is 63.6 Å². The van der Waals surface area contributed by atoms with Crippen LogP contribution in [-0.4, -0.2) is 21.5 Å². The summed E-state index contributed by atoms with van der Waals surface area (Å²) >= 11 is 23.6. The lowest BCUT2D eigenvalue weighted by Crippen LogP contribution is -2.20. The van der Waals surface area contributed by atoms with Gasteiger partial charge in [-0.1, -0.05) is 46.9 Å². The monoisotopic (exact) mass is 490 g/mol. The summed E-state index contributed by atoms with van der Waals surface area (Å²) in [4.78, 5) is 0. The second-order valence-electron chi connectivity index (χ2n) is 6.22. The van der Waals surface area contributed by atoms with E-state index in [9.17, 15) is 8.78 Å². The number of nitrogens with zero attached hydrogens (tertiary/aromatic N) is 2. The first-order chi connectivity index (χ1) is 14.2. The van der Waals surface area contributed by atoms with Crippen molar-refractivity contribution in [3.63, 3.8) is 0 Å². The highest BCUT2D eigenvalue weighted by Gasteiger charge is 2.14. The molecule has 0 fully saturated rings. The summed E-state index contributed by atoms with van der Waals surface area (Å²) in [7, 11) is 0. The van der Waals surface area contributed by atoms with Crippen molar-refractivity contribution in [1.29, 1.82) is 0 Å². The number of rotatable bonds is 6. The van der Waals surface area contributed by atoms with Crippen molar-refractivity contribution < 1.29 is 13.5 Å². The molecule has 0 atom stereocenters. The quantitative estimate of drug-likeness (QED) is 0.380. The molecule has 0 aliphatic heterocycles. The fourth-order valence-electron chi connectivity index (χ4n) is 2.59. The summed E-state index contributed by atoms with van der Waals surface area (Å²) < 4.78 is 31.3. The van der Waals surface area contributed by atoms with Crippen LogP contribution >= 0.6 is 47.0 Å². The largest absolute Gasteiger partial charge is 0.433 e. The van der Waals surface area contributed by atoms with E-state index in [1.807, 2.05) is 6.92 Å². The van der Waals surface area contributed by atoms with Crippen LogP contribution in [0.25, 0.3) is 0 Å². The maximum atomic E-state index is 12.6. The smallest absolute Gasteiger partial charge is 0.387 e. The van der Waals surface area contributed by atoms with Crippen molar-refractivity contribution in [2.75, 3.05) is 10.6 Å². The zero-order chi connectivity index (χ0) is 21.8. The Morgan fingerprint density at radius 1 is 1.13 bits per heavy atom. The zero-order valence-corrected chi connectivity index (χ0v) is 18.5. The number of anilines is 2. The van der Waals surface area contributed by atoms with E-state index in [4.69, 9.17) is 47.0 Å². The molecule has 3 rings (SSSR count). The van der Waals surface area contributed by atoms with Crippen molar-refractivity contribution in [1.82, 2.24) is 9.78 Å². The number of nitrogens with one attached hydrogen (secondary N) is 2. The summed E-state index contributed by atoms with van der Waals surface area (Å²) in [6.07, 6.45) is 1.61. The van der Waals surface area contributed by atoms with Crippen molar-refractivity contribution in [2.24, 2.45) is 0 Å². The van der Waals surface area contributed by atoms with Gasteiger partial charge in [-0.25, -0.2) is 0 Å². The molecule has 5 nitrogen and oxygen atoms in total. The molecule has 0 aliphatic rings. The summed E-state index contributed by atoms with van der Waals surface area (Å²) in [5.41, 5.74) is 1.93. The zero-order valence-electron chi connectivity index (χ0n) is 15.4. The highest BCUT2D eigenvalue weighted by atomic mass is 35.5. The number of aryl methyl sites for hydroxylation is 1. The van der Waals surface area contributed by atoms with Gasteiger partial charge >= 0.3 is 6.61 Å². The van der Waals surface area contributed by atoms with Crippen LogP contribution in [0.2, 0.25) is 15.1 Å². The first-order valence-electron chi connectivity index (χ1n) is 8.51. The topological polar surface area (TPSA) is 51.1 Å². The van der Waals surface area contributed by atoms with Crippen LogP contribution in [0.15, 0.2) is 42.6 Å². The average Bonchev–Trinajstić information content (AvgIpc) is 2.98. The number of alkyl halides is 2. The predicted octanol–water partition coefficient (Wildman–Crippen LogP) is 6.61. The molecule has 30 heavy (non-hydrogen) atoms. The van der Waals surface area contributed by atoms with E-state index in [1.54, 1.807) is 41.2 Å². The molecule has 2 N–H and O–H groups in total. The molecular weight excluding hydrogens is 477 g/mol. The van der Waals surface area contributed by atoms with Gasteiger partial charge < -0.3 is 15.4 Å². The van der Waals surface area contributed by atoms with Crippen LogP contribution in [0.3, 0.4) is 0 Å². The molecule has 0 bridgehead atoms. The molecule has 0 radical (unpaired) electrons. The van der Waals surface area contributed by atoms with E-state index in [0.29, 0.717) is 27.4 Å². The van der Waals surface area contributed by atoms with Crippen LogP contribution < -0.4 is 15.4 Å². The first-order valence-corrected chi connectivity index (χ1v) is 10.1. The molecule has 158 valence electrons. The molecule has 0 saturated carbocycles. The number of ether oxygens (including phenoxy) is 1. The highest BCUT2D eigenvalue weighted by molar-refractivity contribution is 7.80. The molecule has 0 aliphatic carbocycles. The number of benzene rings is 2. The van der Waals surface area contributed by atoms with Crippen molar-refractivity contribution in [3.8, 4) is 5.75 Å². The van der Waals surface area contributed by atoms with Crippen molar-refractivity contribution in [3.05, 3.63) is 68.8 Å². The number of aromatic nitrogens is 2. The van der Waals surface area contributed by atoms with Crippen molar-refractivity contribution in [2.45, 2.75) is 20.1 Å². The molecule has 11 heteroatoms. The Labute approximate surface area is 191 Å². The Kier molecular flexibility index (Phi) is 7.36.